The average molecular weight is 916 g/mol. The van der Waals surface area contributed by atoms with Crippen molar-refractivity contribution in [2.45, 2.75) is 79.1 Å². The first-order valence-corrected chi connectivity index (χ1v) is 24.1. The first-order valence-electron chi connectivity index (χ1n) is 20.6. The molecule has 0 amide bonds. The number of hydrogen-bond donors (Lipinski definition) is 0. The van der Waals surface area contributed by atoms with Gasteiger partial charge in [0.1, 0.15) is 0 Å². The number of unbranched alkanes of at least 4 members (excludes halogenated alkanes) is 4. The Morgan fingerprint density at radius 2 is 0.672 bits per heavy atom. The molecule has 58 heavy (non-hydrogen) atoms. The van der Waals surface area contributed by atoms with Crippen molar-refractivity contribution in [3.8, 4) is 0 Å². The van der Waals surface area contributed by atoms with Crippen LogP contribution in [0.5, 0.6) is 0 Å². The molecule has 0 saturated carbocycles. The Balaban J connectivity index is 0.000000394. The topological polar surface area (TPSA) is 0 Å². The summed E-state index contributed by atoms with van der Waals surface area (Å²) in [6.45, 7) is 9.20. The Kier molecular flexibility index (Phi) is 29.1. The van der Waals surface area contributed by atoms with E-state index in [1.807, 2.05) is 0 Å². The third kappa shape index (κ3) is 17.3. The second kappa shape index (κ2) is 31.1. The zero-order chi connectivity index (χ0) is 37.8. The van der Waals surface area contributed by atoms with Gasteiger partial charge in [0.25, 0.3) is 0 Å². The summed E-state index contributed by atoms with van der Waals surface area (Å²) in [4.78, 5) is 0. The zero-order valence-electron chi connectivity index (χ0n) is 35.1. The van der Waals surface area contributed by atoms with Gasteiger partial charge in [-0.3, -0.25) is 0 Å². The van der Waals surface area contributed by atoms with Gasteiger partial charge in [0.05, 0.1) is 0 Å². The van der Waals surface area contributed by atoms with Gasteiger partial charge in [0.2, 0.25) is 0 Å². The third-order valence-corrected chi connectivity index (χ3v) is 15.6. The predicted molar refractivity (Wildman–Crippen MR) is 250 cm³/mol. The van der Waals surface area contributed by atoms with Gasteiger partial charge in [-0.05, 0) is 50.3 Å². The summed E-state index contributed by atoms with van der Waals surface area (Å²) in [6.07, 6.45) is 16.5. The van der Waals surface area contributed by atoms with Crippen LogP contribution in [-0.4, -0.2) is 24.6 Å². The van der Waals surface area contributed by atoms with Crippen LogP contribution in [0.4, 0.5) is 0 Å². The molecule has 8 aromatic rings. The second-order valence-corrected chi connectivity index (χ2v) is 19.4. The number of hydrogen-bond acceptors (Lipinski definition) is 0. The van der Waals surface area contributed by atoms with Crippen molar-refractivity contribution in [2.75, 3.05) is 24.6 Å². The monoisotopic (exact) mass is 914 g/mol. The van der Waals surface area contributed by atoms with Crippen molar-refractivity contribution in [1.29, 1.82) is 0 Å². The number of benzene rings is 4. The molecule has 6 heteroatoms. The van der Waals surface area contributed by atoms with Crippen LogP contribution in [0.1, 0.15) is 79.1 Å². The van der Waals surface area contributed by atoms with Gasteiger partial charge in [0.15, 0.2) is 0 Å². The fraction of sp³-hybridized carbons (Fsp3) is 0.308. The van der Waals surface area contributed by atoms with Gasteiger partial charge in [-0.15, -0.1) is 140 Å². The smallest absolute Gasteiger partial charge is 1.00 e. The summed E-state index contributed by atoms with van der Waals surface area (Å²) in [7, 11) is 0.171. The van der Waals surface area contributed by atoms with Crippen molar-refractivity contribution in [3.63, 3.8) is 0 Å². The fourth-order valence-corrected chi connectivity index (χ4v) is 12.5. The SMILES string of the molecule is CCCCP(CCCC)c1cc2ccccc2[cH-]1.CCCCP(CCCC)c1cc2ccccc2[cH-]1.[Cl-].[Cl-].[Ti+2].[Ti+2].c1ccc2[cH-]ccc2c1.c1ccc2[cH-]ccc2c1. The Morgan fingerprint density at radius 1 is 0.379 bits per heavy atom. The van der Waals surface area contributed by atoms with Gasteiger partial charge in [-0.25, -0.2) is 0 Å². The van der Waals surface area contributed by atoms with E-state index in [9.17, 15) is 0 Å². The zero-order valence-corrected chi connectivity index (χ0v) is 41.6. The summed E-state index contributed by atoms with van der Waals surface area (Å²) in [5.74, 6) is 0. The molecule has 0 heterocycles. The van der Waals surface area contributed by atoms with Gasteiger partial charge in [0, 0.05) is 0 Å². The van der Waals surface area contributed by atoms with Gasteiger partial charge >= 0.3 is 43.4 Å². The quantitative estimate of drug-likeness (QED) is 0.0580. The maximum Gasteiger partial charge on any atom is 2.00 e. The molecule has 0 unspecified atom stereocenters. The first-order chi connectivity index (χ1) is 26.6. The summed E-state index contributed by atoms with van der Waals surface area (Å²) < 4.78 is 0. The maximum atomic E-state index is 2.44. The minimum atomic E-state index is 0. The van der Waals surface area contributed by atoms with E-state index in [1.165, 1.54) is 119 Å². The minimum Gasteiger partial charge on any atom is -1.00 e. The van der Waals surface area contributed by atoms with Crippen molar-refractivity contribution in [3.05, 3.63) is 158 Å². The molecule has 0 atom stereocenters. The van der Waals surface area contributed by atoms with Crippen LogP contribution < -0.4 is 35.4 Å². The van der Waals surface area contributed by atoms with Crippen molar-refractivity contribution >= 4 is 69.5 Å². The van der Waals surface area contributed by atoms with Crippen LogP contribution in [0.25, 0.3) is 43.1 Å². The molecule has 0 spiro atoms. The molecule has 0 fully saturated rings. The molecule has 0 aliphatic heterocycles. The van der Waals surface area contributed by atoms with Gasteiger partial charge < -0.3 is 24.8 Å². The predicted octanol–water partition coefficient (Wildman–Crippen LogP) is 9.65. The molecular formula is C52H62Cl2P2Ti2-2. The molecule has 0 N–H and O–H groups in total. The fourth-order valence-electron chi connectivity index (χ4n) is 6.91. The summed E-state index contributed by atoms with van der Waals surface area (Å²) in [5, 5.41) is 14.3. The van der Waals surface area contributed by atoms with E-state index in [4.69, 9.17) is 0 Å². The summed E-state index contributed by atoms with van der Waals surface area (Å²) in [5.41, 5.74) is 0. The van der Waals surface area contributed by atoms with Gasteiger partial charge in [-0.1, -0.05) is 93.5 Å². The van der Waals surface area contributed by atoms with E-state index in [-0.39, 0.29) is 84.1 Å². The largest absolute Gasteiger partial charge is 2.00 e. The van der Waals surface area contributed by atoms with Crippen molar-refractivity contribution < 1.29 is 68.2 Å². The van der Waals surface area contributed by atoms with Crippen molar-refractivity contribution in [1.82, 2.24) is 0 Å². The Morgan fingerprint density at radius 3 is 0.966 bits per heavy atom. The normalized spacial score (nSPS) is 10.3. The molecule has 0 aliphatic rings. The van der Waals surface area contributed by atoms with E-state index in [2.05, 4.69) is 185 Å². The second-order valence-electron chi connectivity index (χ2n) is 14.4. The third-order valence-electron chi connectivity index (χ3n) is 10.2. The van der Waals surface area contributed by atoms with Crippen molar-refractivity contribution in [2.24, 2.45) is 0 Å². The molecule has 8 aromatic carbocycles. The van der Waals surface area contributed by atoms with Crippen LogP contribution >= 0.6 is 15.8 Å². The Labute approximate surface area is 395 Å². The first kappa shape index (κ1) is 54.2. The van der Waals surface area contributed by atoms with E-state index in [0.29, 0.717) is 0 Å². The minimum absolute atomic E-state index is 0. The number of halogens is 2. The molecule has 0 bridgehead atoms. The molecule has 0 aromatic heterocycles. The Hall–Kier alpha value is -1.81. The van der Waals surface area contributed by atoms with Gasteiger partial charge in [-0.2, -0.15) is 47.2 Å². The standard InChI is InChI=1S/2C17H24P.2C9H7.2ClH.2Ti/c2*1-3-5-11-18(12-6-4-2)17-13-15-9-7-8-10-16(15)14-17;2*1-2-5-9-7-3-6-8(9)4-1;;;;/h2*7-10,13-14H,3-6,11-12H2,1-2H3;2*1-7H;2*1H;;/q4*-1;;;2*+2/p-2. The van der Waals surface area contributed by atoms with E-state index >= 15 is 0 Å². The van der Waals surface area contributed by atoms with Crippen LogP contribution in [-0.2, 0) is 43.4 Å². The Bertz CT molecular complexity index is 1890. The number of rotatable bonds is 14. The van der Waals surface area contributed by atoms with E-state index in [1.54, 1.807) is 10.6 Å². The molecule has 0 radical (unpaired) electrons. The molecule has 304 valence electrons. The van der Waals surface area contributed by atoms with E-state index in [0.717, 1.165) is 0 Å². The van der Waals surface area contributed by atoms with Crippen LogP contribution in [0.2, 0.25) is 0 Å². The average Bonchev–Trinajstić information content (AvgIpc) is 4.04. The summed E-state index contributed by atoms with van der Waals surface area (Å²) in [6, 6.07) is 56.6. The summed E-state index contributed by atoms with van der Waals surface area (Å²) >= 11 is 0. The van der Waals surface area contributed by atoms with Crippen LogP contribution in [0.3, 0.4) is 0 Å². The maximum absolute atomic E-state index is 2.44. The van der Waals surface area contributed by atoms with Crippen LogP contribution in [0, 0.1) is 0 Å². The molecule has 0 aliphatic carbocycles. The molecule has 0 nitrogen and oxygen atoms in total. The molecular weight excluding hydrogens is 853 g/mol. The molecule has 8 rings (SSSR count). The van der Waals surface area contributed by atoms with E-state index < -0.39 is 0 Å². The molecule has 0 saturated heterocycles. The van der Waals surface area contributed by atoms with Crippen LogP contribution in [0.15, 0.2) is 158 Å². The number of fused-ring (bicyclic) bond motifs is 4.